The maximum atomic E-state index is 12.9. The SMILES string of the molecule is Cc1ccc(N2CCC(c3ccc(F)cc3)C2)nn1. The quantitative estimate of drug-likeness (QED) is 0.828. The van der Waals surface area contributed by atoms with Gasteiger partial charge in [-0.25, -0.2) is 4.39 Å². The third-order valence-electron chi connectivity index (χ3n) is 3.64. The summed E-state index contributed by atoms with van der Waals surface area (Å²) in [6.45, 7) is 3.82. The minimum absolute atomic E-state index is 0.178. The molecule has 1 aromatic carbocycles. The average Bonchev–Trinajstić information content (AvgIpc) is 2.90. The lowest BCUT2D eigenvalue weighted by Gasteiger charge is -2.17. The molecule has 98 valence electrons. The van der Waals surface area contributed by atoms with Crippen molar-refractivity contribution in [1.82, 2.24) is 10.2 Å². The summed E-state index contributed by atoms with van der Waals surface area (Å²) in [4.78, 5) is 2.24. The Morgan fingerprint density at radius 1 is 1.11 bits per heavy atom. The molecule has 3 rings (SSSR count). The van der Waals surface area contributed by atoms with Gasteiger partial charge < -0.3 is 4.90 Å². The molecule has 1 unspecified atom stereocenters. The van der Waals surface area contributed by atoms with Gasteiger partial charge in [0.2, 0.25) is 0 Å². The van der Waals surface area contributed by atoms with E-state index >= 15 is 0 Å². The summed E-state index contributed by atoms with van der Waals surface area (Å²) in [5, 5.41) is 8.31. The monoisotopic (exact) mass is 257 g/mol. The standard InChI is InChI=1S/C15H16FN3/c1-11-2-7-15(18-17-11)19-9-8-13(10-19)12-3-5-14(16)6-4-12/h2-7,13H,8-10H2,1H3. The van der Waals surface area contributed by atoms with Gasteiger partial charge in [0.15, 0.2) is 5.82 Å². The van der Waals surface area contributed by atoms with Crippen LogP contribution >= 0.6 is 0 Å². The van der Waals surface area contributed by atoms with E-state index in [2.05, 4.69) is 15.1 Å². The predicted molar refractivity (Wildman–Crippen MR) is 72.7 cm³/mol. The van der Waals surface area contributed by atoms with E-state index in [9.17, 15) is 4.39 Å². The zero-order chi connectivity index (χ0) is 13.2. The van der Waals surface area contributed by atoms with E-state index in [0.29, 0.717) is 5.92 Å². The van der Waals surface area contributed by atoms with Gasteiger partial charge in [-0.3, -0.25) is 0 Å². The molecule has 0 spiro atoms. The molecule has 1 aliphatic heterocycles. The van der Waals surface area contributed by atoms with Gasteiger partial charge in [0.05, 0.1) is 5.69 Å². The highest BCUT2D eigenvalue weighted by atomic mass is 19.1. The normalized spacial score (nSPS) is 18.8. The molecule has 1 saturated heterocycles. The van der Waals surface area contributed by atoms with Crippen LogP contribution in [0.1, 0.15) is 23.6 Å². The molecule has 1 aromatic heterocycles. The van der Waals surface area contributed by atoms with Crippen molar-refractivity contribution in [1.29, 1.82) is 0 Å². The molecule has 0 N–H and O–H groups in total. The van der Waals surface area contributed by atoms with Crippen LogP contribution in [0.15, 0.2) is 36.4 Å². The van der Waals surface area contributed by atoms with Gasteiger partial charge in [0.1, 0.15) is 5.82 Å². The van der Waals surface area contributed by atoms with Gasteiger partial charge >= 0.3 is 0 Å². The Morgan fingerprint density at radius 3 is 2.58 bits per heavy atom. The van der Waals surface area contributed by atoms with E-state index in [1.54, 1.807) is 0 Å². The Labute approximate surface area is 112 Å². The number of hydrogen-bond acceptors (Lipinski definition) is 3. The molecule has 0 radical (unpaired) electrons. The number of rotatable bonds is 2. The van der Waals surface area contributed by atoms with Crippen molar-refractivity contribution in [2.45, 2.75) is 19.3 Å². The summed E-state index contributed by atoms with van der Waals surface area (Å²) >= 11 is 0. The molecule has 0 aliphatic carbocycles. The lowest BCUT2D eigenvalue weighted by Crippen LogP contribution is -2.20. The van der Waals surface area contributed by atoms with E-state index in [-0.39, 0.29) is 5.82 Å². The van der Waals surface area contributed by atoms with Crippen LogP contribution < -0.4 is 4.90 Å². The van der Waals surface area contributed by atoms with Crippen LogP contribution in [0.3, 0.4) is 0 Å². The Morgan fingerprint density at radius 2 is 1.89 bits per heavy atom. The average molecular weight is 257 g/mol. The molecule has 4 heteroatoms. The van der Waals surface area contributed by atoms with Crippen molar-refractivity contribution in [2.75, 3.05) is 18.0 Å². The maximum absolute atomic E-state index is 12.9. The zero-order valence-electron chi connectivity index (χ0n) is 10.9. The summed E-state index contributed by atoms with van der Waals surface area (Å²) in [7, 11) is 0. The Hall–Kier alpha value is -1.97. The minimum atomic E-state index is -0.178. The second-order valence-corrected chi connectivity index (χ2v) is 5.02. The molecule has 19 heavy (non-hydrogen) atoms. The Kier molecular flexibility index (Phi) is 3.15. The molecule has 0 bridgehead atoms. The third-order valence-corrected chi connectivity index (χ3v) is 3.64. The van der Waals surface area contributed by atoms with Crippen molar-refractivity contribution >= 4 is 5.82 Å². The van der Waals surface area contributed by atoms with E-state index in [0.717, 1.165) is 31.0 Å². The number of aryl methyl sites for hydroxylation is 1. The number of hydrogen-bond donors (Lipinski definition) is 0. The van der Waals surface area contributed by atoms with E-state index in [4.69, 9.17) is 0 Å². The molecule has 0 amide bonds. The molecule has 3 nitrogen and oxygen atoms in total. The summed E-state index contributed by atoms with van der Waals surface area (Å²) in [5.74, 6) is 1.20. The van der Waals surface area contributed by atoms with Gasteiger partial charge in [0, 0.05) is 19.0 Å². The first-order chi connectivity index (χ1) is 9.22. The van der Waals surface area contributed by atoms with Crippen LogP contribution in [0.2, 0.25) is 0 Å². The molecule has 1 aliphatic rings. The number of nitrogens with zero attached hydrogens (tertiary/aromatic N) is 3. The van der Waals surface area contributed by atoms with Crippen LogP contribution in [-0.2, 0) is 0 Å². The smallest absolute Gasteiger partial charge is 0.151 e. The number of halogens is 1. The second kappa shape index (κ2) is 4.96. The van der Waals surface area contributed by atoms with Gasteiger partial charge in [-0.1, -0.05) is 12.1 Å². The highest BCUT2D eigenvalue weighted by Crippen LogP contribution is 2.29. The van der Waals surface area contributed by atoms with Gasteiger partial charge in [0.25, 0.3) is 0 Å². The first-order valence-electron chi connectivity index (χ1n) is 6.53. The predicted octanol–water partition coefficient (Wildman–Crippen LogP) is 2.92. The van der Waals surface area contributed by atoms with E-state index in [1.165, 1.54) is 17.7 Å². The van der Waals surface area contributed by atoms with Crippen LogP contribution in [-0.4, -0.2) is 23.3 Å². The molecule has 2 heterocycles. The largest absolute Gasteiger partial charge is 0.354 e. The van der Waals surface area contributed by atoms with E-state index in [1.807, 2.05) is 31.2 Å². The minimum Gasteiger partial charge on any atom is -0.354 e. The second-order valence-electron chi connectivity index (χ2n) is 5.02. The lowest BCUT2D eigenvalue weighted by molar-refractivity contribution is 0.625. The lowest BCUT2D eigenvalue weighted by atomic mass is 9.99. The van der Waals surface area contributed by atoms with E-state index < -0.39 is 0 Å². The van der Waals surface area contributed by atoms with Crippen LogP contribution in [0.4, 0.5) is 10.2 Å². The van der Waals surface area contributed by atoms with Crippen molar-refractivity contribution < 1.29 is 4.39 Å². The zero-order valence-corrected chi connectivity index (χ0v) is 10.9. The molecule has 0 saturated carbocycles. The topological polar surface area (TPSA) is 29.0 Å². The summed E-state index contributed by atoms with van der Waals surface area (Å²) in [6, 6.07) is 10.8. The molecular weight excluding hydrogens is 241 g/mol. The van der Waals surface area contributed by atoms with Crippen molar-refractivity contribution in [3.63, 3.8) is 0 Å². The number of anilines is 1. The molecular formula is C15H16FN3. The summed E-state index contributed by atoms with van der Waals surface area (Å²) in [6.07, 6.45) is 1.07. The number of aromatic nitrogens is 2. The fourth-order valence-electron chi connectivity index (χ4n) is 2.54. The highest BCUT2D eigenvalue weighted by Gasteiger charge is 2.24. The Balaban J connectivity index is 1.73. The Bertz CT molecular complexity index is 499. The van der Waals surface area contributed by atoms with Gasteiger partial charge in [-0.05, 0) is 43.2 Å². The van der Waals surface area contributed by atoms with Crippen LogP contribution in [0.25, 0.3) is 0 Å². The highest BCUT2D eigenvalue weighted by molar-refractivity contribution is 5.40. The number of benzene rings is 1. The fourth-order valence-corrected chi connectivity index (χ4v) is 2.54. The maximum Gasteiger partial charge on any atom is 0.151 e. The molecule has 1 fully saturated rings. The van der Waals surface area contributed by atoms with Crippen molar-refractivity contribution in [3.8, 4) is 0 Å². The molecule has 2 aromatic rings. The first kappa shape index (κ1) is 12.1. The van der Waals surface area contributed by atoms with Crippen molar-refractivity contribution in [2.24, 2.45) is 0 Å². The van der Waals surface area contributed by atoms with Crippen LogP contribution in [0.5, 0.6) is 0 Å². The molecule has 1 atom stereocenters. The van der Waals surface area contributed by atoms with Gasteiger partial charge in [-0.15, -0.1) is 5.10 Å². The van der Waals surface area contributed by atoms with Crippen LogP contribution in [0, 0.1) is 12.7 Å². The third kappa shape index (κ3) is 2.57. The first-order valence-corrected chi connectivity index (χ1v) is 6.53. The van der Waals surface area contributed by atoms with Crippen molar-refractivity contribution in [3.05, 3.63) is 53.5 Å². The summed E-state index contributed by atoms with van der Waals surface area (Å²) in [5.41, 5.74) is 2.13. The fraction of sp³-hybridized carbons (Fsp3) is 0.333. The van der Waals surface area contributed by atoms with Gasteiger partial charge in [-0.2, -0.15) is 5.10 Å². The summed E-state index contributed by atoms with van der Waals surface area (Å²) < 4.78 is 12.9.